The first-order valence-electron chi connectivity index (χ1n) is 8.56. The van der Waals surface area contributed by atoms with Gasteiger partial charge in [-0.15, -0.1) is 0 Å². The van der Waals surface area contributed by atoms with Crippen LogP contribution in [-0.4, -0.2) is 40.6 Å². The topological polar surface area (TPSA) is 32.3 Å². The Labute approximate surface area is 134 Å². The second kappa shape index (κ2) is 7.36. The third-order valence-electron chi connectivity index (χ3n) is 4.92. The highest BCUT2D eigenvalue weighted by atomic mass is 32.2. The summed E-state index contributed by atoms with van der Waals surface area (Å²) >= 11 is 1.95. The van der Waals surface area contributed by atoms with Gasteiger partial charge < -0.3 is 4.90 Å². The lowest BCUT2D eigenvalue weighted by Gasteiger charge is -2.40. The van der Waals surface area contributed by atoms with Gasteiger partial charge in [-0.25, -0.2) is 0 Å². The monoisotopic (exact) mass is 312 g/mol. The third-order valence-corrected chi connectivity index (χ3v) is 6.07. The molecular formula is C17H32N2OS. The number of carbonyl (C=O) groups is 1. The van der Waals surface area contributed by atoms with Crippen molar-refractivity contribution in [2.24, 2.45) is 11.8 Å². The highest BCUT2D eigenvalue weighted by Crippen LogP contribution is 2.35. The van der Waals surface area contributed by atoms with E-state index in [2.05, 4.69) is 44.2 Å². The number of carbonyl (C=O) groups excluding carboxylic acids is 1. The lowest BCUT2D eigenvalue weighted by molar-refractivity contribution is -0.133. The molecule has 0 radical (unpaired) electrons. The molecule has 1 saturated carbocycles. The molecular weight excluding hydrogens is 280 g/mol. The van der Waals surface area contributed by atoms with E-state index in [-0.39, 0.29) is 12.2 Å². The Morgan fingerprint density at radius 2 is 1.90 bits per heavy atom. The van der Waals surface area contributed by atoms with Gasteiger partial charge in [-0.2, -0.15) is 11.8 Å². The van der Waals surface area contributed by atoms with Gasteiger partial charge in [-0.3, -0.25) is 10.1 Å². The summed E-state index contributed by atoms with van der Waals surface area (Å²) in [7, 11) is 0. The maximum atomic E-state index is 13.0. The minimum atomic E-state index is 0.0122. The molecule has 2 rings (SSSR count). The summed E-state index contributed by atoms with van der Waals surface area (Å²) < 4.78 is 0. The Bertz CT molecular complexity index is 359. The number of hydrogen-bond acceptors (Lipinski definition) is 3. The number of thioether (sulfide) groups is 1. The van der Waals surface area contributed by atoms with Gasteiger partial charge in [0.15, 0.2) is 0 Å². The van der Waals surface area contributed by atoms with Crippen LogP contribution in [0.5, 0.6) is 0 Å². The van der Waals surface area contributed by atoms with Crippen molar-refractivity contribution in [3.8, 4) is 0 Å². The van der Waals surface area contributed by atoms with E-state index < -0.39 is 0 Å². The predicted molar refractivity (Wildman–Crippen MR) is 91.4 cm³/mol. The molecule has 3 nitrogen and oxygen atoms in total. The molecule has 4 unspecified atom stereocenters. The van der Waals surface area contributed by atoms with Crippen LogP contribution in [0.4, 0.5) is 0 Å². The molecule has 4 atom stereocenters. The molecule has 1 saturated heterocycles. The molecule has 1 aliphatic carbocycles. The Morgan fingerprint density at radius 3 is 2.48 bits per heavy atom. The minimum absolute atomic E-state index is 0.0122. The van der Waals surface area contributed by atoms with E-state index in [0.29, 0.717) is 29.0 Å². The van der Waals surface area contributed by atoms with Crippen molar-refractivity contribution < 1.29 is 4.79 Å². The van der Waals surface area contributed by atoms with Gasteiger partial charge in [0.05, 0.1) is 12.2 Å². The van der Waals surface area contributed by atoms with Crippen LogP contribution in [0.1, 0.15) is 59.8 Å². The van der Waals surface area contributed by atoms with Gasteiger partial charge in [0.1, 0.15) is 0 Å². The molecule has 1 heterocycles. The Balaban J connectivity index is 2.20. The van der Waals surface area contributed by atoms with E-state index in [1.807, 2.05) is 11.8 Å². The predicted octanol–water partition coefficient (Wildman–Crippen LogP) is 3.49. The van der Waals surface area contributed by atoms with E-state index >= 15 is 0 Å². The van der Waals surface area contributed by atoms with Crippen molar-refractivity contribution in [3.05, 3.63) is 0 Å². The highest BCUT2D eigenvalue weighted by Gasteiger charge is 2.45. The van der Waals surface area contributed by atoms with Gasteiger partial charge in [-0.1, -0.05) is 40.5 Å². The van der Waals surface area contributed by atoms with Crippen LogP contribution < -0.4 is 5.32 Å². The van der Waals surface area contributed by atoms with Gasteiger partial charge in [0.25, 0.3) is 0 Å². The zero-order valence-corrected chi connectivity index (χ0v) is 15.1. The maximum absolute atomic E-state index is 13.0. The van der Waals surface area contributed by atoms with Crippen molar-refractivity contribution >= 4 is 17.7 Å². The van der Waals surface area contributed by atoms with Crippen LogP contribution in [0.3, 0.4) is 0 Å². The molecule has 0 aromatic carbocycles. The van der Waals surface area contributed by atoms with Gasteiger partial charge in [-0.05, 0) is 37.4 Å². The average Bonchev–Trinajstić information content (AvgIpc) is 2.74. The first-order valence-corrected chi connectivity index (χ1v) is 9.85. The summed E-state index contributed by atoms with van der Waals surface area (Å²) in [4.78, 5) is 15.2. The molecule has 0 aromatic heterocycles. The fourth-order valence-electron chi connectivity index (χ4n) is 3.84. The van der Waals surface area contributed by atoms with Crippen molar-refractivity contribution in [3.63, 3.8) is 0 Å². The fourth-order valence-corrected chi connectivity index (χ4v) is 4.83. The molecule has 1 amide bonds. The molecule has 0 aromatic rings. The van der Waals surface area contributed by atoms with E-state index in [0.717, 1.165) is 6.42 Å². The summed E-state index contributed by atoms with van der Waals surface area (Å²) in [5.74, 6) is 1.33. The zero-order chi connectivity index (χ0) is 15.6. The second-order valence-corrected chi connectivity index (χ2v) is 8.48. The quantitative estimate of drug-likeness (QED) is 0.843. The van der Waals surface area contributed by atoms with E-state index in [1.165, 1.54) is 25.7 Å². The maximum Gasteiger partial charge on any atom is 0.241 e. The van der Waals surface area contributed by atoms with Crippen LogP contribution in [0, 0.1) is 11.8 Å². The fraction of sp³-hybridized carbons (Fsp3) is 0.941. The Hall–Kier alpha value is -0.220. The van der Waals surface area contributed by atoms with Gasteiger partial charge >= 0.3 is 0 Å². The van der Waals surface area contributed by atoms with Crippen molar-refractivity contribution in [1.29, 1.82) is 0 Å². The summed E-state index contributed by atoms with van der Waals surface area (Å²) in [6.45, 7) is 8.80. The first-order chi connectivity index (χ1) is 9.95. The van der Waals surface area contributed by atoms with Crippen molar-refractivity contribution in [2.75, 3.05) is 6.26 Å². The van der Waals surface area contributed by atoms with Crippen LogP contribution in [0.2, 0.25) is 0 Å². The third kappa shape index (κ3) is 3.76. The summed E-state index contributed by atoms with van der Waals surface area (Å²) in [6, 6.07) is 0.444. The number of nitrogens with zero attached hydrogens (tertiary/aromatic N) is 1. The van der Waals surface area contributed by atoms with Crippen LogP contribution in [-0.2, 0) is 4.79 Å². The largest absolute Gasteiger partial charge is 0.322 e. The van der Waals surface area contributed by atoms with E-state index in [9.17, 15) is 4.79 Å². The molecule has 1 N–H and O–H groups in total. The molecule has 2 aliphatic rings. The lowest BCUT2D eigenvalue weighted by atomic mass is 9.92. The number of rotatable bonds is 5. The smallest absolute Gasteiger partial charge is 0.241 e. The van der Waals surface area contributed by atoms with Crippen LogP contribution >= 0.6 is 11.8 Å². The molecule has 1 aliphatic heterocycles. The molecule has 4 heteroatoms. The molecule has 0 spiro atoms. The highest BCUT2D eigenvalue weighted by molar-refractivity contribution is 7.99. The number of hydrogen-bond donors (Lipinski definition) is 1. The SMILES string of the molecule is CSC1CCCCC1N1C(=O)C(C(C)C)NC1CC(C)C. The zero-order valence-electron chi connectivity index (χ0n) is 14.3. The van der Waals surface area contributed by atoms with Gasteiger partial charge in [0, 0.05) is 11.3 Å². The Morgan fingerprint density at radius 1 is 1.24 bits per heavy atom. The molecule has 2 fully saturated rings. The summed E-state index contributed by atoms with van der Waals surface area (Å²) in [6.07, 6.45) is 8.53. The first kappa shape index (κ1) is 17.1. The lowest BCUT2D eigenvalue weighted by Crippen LogP contribution is -2.50. The van der Waals surface area contributed by atoms with Crippen LogP contribution in [0.15, 0.2) is 0 Å². The van der Waals surface area contributed by atoms with E-state index in [4.69, 9.17) is 0 Å². The van der Waals surface area contributed by atoms with Crippen molar-refractivity contribution in [1.82, 2.24) is 10.2 Å². The summed E-state index contributed by atoms with van der Waals surface area (Å²) in [5, 5.41) is 4.25. The van der Waals surface area contributed by atoms with Gasteiger partial charge in [0.2, 0.25) is 5.91 Å². The van der Waals surface area contributed by atoms with Crippen LogP contribution in [0.25, 0.3) is 0 Å². The molecule has 0 bridgehead atoms. The number of nitrogens with one attached hydrogen (secondary N) is 1. The second-order valence-electron chi connectivity index (χ2n) is 7.41. The molecule has 21 heavy (non-hydrogen) atoms. The Kier molecular flexibility index (Phi) is 6.01. The van der Waals surface area contributed by atoms with E-state index in [1.54, 1.807) is 0 Å². The summed E-state index contributed by atoms with van der Waals surface area (Å²) in [5.41, 5.74) is 0. The minimum Gasteiger partial charge on any atom is -0.322 e. The normalized spacial score (nSPS) is 34.2. The molecule has 122 valence electrons. The van der Waals surface area contributed by atoms with Crippen molar-refractivity contribution in [2.45, 2.75) is 83.3 Å². The average molecular weight is 313 g/mol. The number of amides is 1. The standard InChI is InChI=1S/C17H32N2OS/c1-11(2)10-15-18-16(12(3)4)17(20)19(15)13-8-6-7-9-14(13)21-5/h11-16,18H,6-10H2,1-5H3.